The van der Waals surface area contributed by atoms with E-state index in [1.165, 1.54) is 0 Å². The minimum Gasteiger partial charge on any atom is -0.507 e. The van der Waals surface area contributed by atoms with E-state index < -0.39 is 11.6 Å². The number of fused-ring (bicyclic) bond motifs is 2. The van der Waals surface area contributed by atoms with Crippen LogP contribution < -0.4 is 5.73 Å². The van der Waals surface area contributed by atoms with E-state index in [0.717, 1.165) is 11.1 Å². The van der Waals surface area contributed by atoms with Crippen LogP contribution in [0.15, 0.2) is 48.5 Å². The Labute approximate surface area is 174 Å². The summed E-state index contributed by atoms with van der Waals surface area (Å²) in [4.78, 5) is 25.9. The summed E-state index contributed by atoms with van der Waals surface area (Å²) in [5, 5.41) is 21.6. The maximum absolute atomic E-state index is 13.0. The highest BCUT2D eigenvalue weighted by molar-refractivity contribution is 6.30. The Balaban J connectivity index is 0.00000240. The van der Waals surface area contributed by atoms with E-state index >= 15 is 0 Å². The highest BCUT2D eigenvalue weighted by atomic mass is 35.5. The predicted octanol–water partition coefficient (Wildman–Crippen LogP) is 3.65. The topological polar surface area (TPSA) is 101 Å². The third-order valence-corrected chi connectivity index (χ3v) is 5.33. The summed E-state index contributed by atoms with van der Waals surface area (Å²) < 4.78 is 0. The van der Waals surface area contributed by atoms with Crippen molar-refractivity contribution >= 4 is 24.0 Å². The molecule has 1 aliphatic rings. The molecule has 0 saturated heterocycles. The number of carbonyl (C=O) groups excluding carboxylic acids is 2. The second kappa shape index (κ2) is 7.70. The molecule has 4 rings (SSSR count). The molecule has 0 unspecified atom stereocenters. The van der Waals surface area contributed by atoms with Gasteiger partial charge in [0.2, 0.25) is 0 Å². The van der Waals surface area contributed by atoms with Gasteiger partial charge in [-0.1, -0.05) is 48.5 Å². The van der Waals surface area contributed by atoms with E-state index in [-0.39, 0.29) is 46.2 Å². The Morgan fingerprint density at radius 3 is 1.79 bits per heavy atom. The van der Waals surface area contributed by atoms with Gasteiger partial charge in [0.1, 0.15) is 11.5 Å². The van der Waals surface area contributed by atoms with E-state index in [0.29, 0.717) is 24.1 Å². The molecule has 5 nitrogen and oxygen atoms in total. The quantitative estimate of drug-likeness (QED) is 0.448. The van der Waals surface area contributed by atoms with Gasteiger partial charge in [-0.2, -0.15) is 0 Å². The molecule has 0 fully saturated rings. The van der Waals surface area contributed by atoms with E-state index in [9.17, 15) is 19.8 Å². The van der Waals surface area contributed by atoms with Gasteiger partial charge in [-0.25, -0.2) is 0 Å². The first-order chi connectivity index (χ1) is 13.4. The molecule has 0 heterocycles. The van der Waals surface area contributed by atoms with Gasteiger partial charge in [-0.3, -0.25) is 9.59 Å². The minimum absolute atomic E-state index is 0. The van der Waals surface area contributed by atoms with Crippen molar-refractivity contribution in [2.24, 2.45) is 5.73 Å². The summed E-state index contributed by atoms with van der Waals surface area (Å²) in [5.74, 6) is -1.42. The Hall–Kier alpha value is -3.15. The predicted molar refractivity (Wildman–Crippen MR) is 112 cm³/mol. The average Bonchev–Trinajstić information content (AvgIpc) is 2.72. The molecule has 148 valence electrons. The van der Waals surface area contributed by atoms with Crippen molar-refractivity contribution in [1.29, 1.82) is 0 Å². The molecule has 1 aliphatic carbocycles. The molecule has 0 aliphatic heterocycles. The third kappa shape index (κ3) is 3.18. The minimum atomic E-state index is -0.460. The smallest absolute Gasteiger partial charge is 0.198 e. The lowest BCUT2D eigenvalue weighted by Gasteiger charge is -2.23. The molecule has 0 spiro atoms. The first-order valence-corrected chi connectivity index (χ1v) is 8.97. The van der Waals surface area contributed by atoms with Crippen molar-refractivity contribution in [3.63, 3.8) is 0 Å². The van der Waals surface area contributed by atoms with Crippen molar-refractivity contribution in [3.8, 4) is 11.5 Å². The first-order valence-electron chi connectivity index (χ1n) is 8.97. The second-order valence-electron chi connectivity index (χ2n) is 6.95. The summed E-state index contributed by atoms with van der Waals surface area (Å²) in [7, 11) is 0. The lowest BCUT2D eigenvalue weighted by Crippen LogP contribution is -2.22. The zero-order chi connectivity index (χ0) is 20.0. The van der Waals surface area contributed by atoms with Crippen LogP contribution in [0.3, 0.4) is 0 Å². The number of phenolic OH excluding ortho intramolecular Hbond substituents is 2. The van der Waals surface area contributed by atoms with Crippen molar-refractivity contribution < 1.29 is 19.8 Å². The van der Waals surface area contributed by atoms with Gasteiger partial charge < -0.3 is 15.9 Å². The molecule has 0 aromatic heterocycles. The number of carbonyl (C=O) groups is 2. The molecular weight excluding hydrogens is 390 g/mol. The van der Waals surface area contributed by atoms with E-state index in [4.69, 9.17) is 5.73 Å². The Kier molecular flexibility index (Phi) is 5.46. The van der Waals surface area contributed by atoms with Crippen LogP contribution in [-0.4, -0.2) is 21.8 Å². The fraction of sp³-hybridized carbons (Fsp3) is 0.130. The number of phenols is 2. The van der Waals surface area contributed by atoms with Crippen LogP contribution in [0.1, 0.15) is 54.1 Å². The molecule has 0 amide bonds. The standard InChI is InChI=1S/C23H19NO4.ClH/c1-12-17(10-13-6-8-14(11-24)9-7-13)23(28)19-18(20(12)25)21(26)15-4-2-3-5-16(15)22(19)27;/h2-9,25,28H,10-11,24H2,1H3;1H. The summed E-state index contributed by atoms with van der Waals surface area (Å²) in [6.07, 6.45) is 0.312. The maximum Gasteiger partial charge on any atom is 0.198 e. The third-order valence-electron chi connectivity index (χ3n) is 5.33. The maximum atomic E-state index is 13.0. The monoisotopic (exact) mass is 409 g/mol. The number of benzene rings is 3. The number of rotatable bonds is 3. The molecule has 0 atom stereocenters. The van der Waals surface area contributed by atoms with Gasteiger partial charge in [0.25, 0.3) is 0 Å². The molecular formula is C23H20ClNO4. The molecule has 29 heavy (non-hydrogen) atoms. The summed E-state index contributed by atoms with van der Waals surface area (Å²) in [5.41, 5.74) is 8.53. The number of aromatic hydroxyl groups is 2. The van der Waals surface area contributed by atoms with E-state index in [1.807, 2.05) is 24.3 Å². The van der Waals surface area contributed by atoms with E-state index in [2.05, 4.69) is 0 Å². The summed E-state index contributed by atoms with van der Waals surface area (Å²) in [6, 6.07) is 14.0. The number of hydrogen-bond donors (Lipinski definition) is 3. The highest BCUT2D eigenvalue weighted by Crippen LogP contribution is 2.43. The fourth-order valence-electron chi connectivity index (χ4n) is 3.70. The number of nitrogens with two attached hydrogens (primary N) is 1. The van der Waals surface area contributed by atoms with Gasteiger partial charge >= 0.3 is 0 Å². The largest absolute Gasteiger partial charge is 0.507 e. The van der Waals surface area contributed by atoms with Crippen molar-refractivity contribution in [3.05, 3.63) is 93.0 Å². The van der Waals surface area contributed by atoms with Crippen LogP contribution in [0.2, 0.25) is 0 Å². The number of halogens is 1. The molecule has 0 bridgehead atoms. The van der Waals surface area contributed by atoms with E-state index in [1.54, 1.807) is 31.2 Å². The summed E-state index contributed by atoms with van der Waals surface area (Å²) in [6.45, 7) is 2.07. The van der Waals surface area contributed by atoms with Crippen LogP contribution in [-0.2, 0) is 13.0 Å². The molecule has 3 aromatic carbocycles. The number of ketones is 2. The average molecular weight is 410 g/mol. The number of hydrogen-bond acceptors (Lipinski definition) is 5. The van der Waals surface area contributed by atoms with Crippen molar-refractivity contribution in [2.45, 2.75) is 19.9 Å². The molecule has 0 radical (unpaired) electrons. The van der Waals surface area contributed by atoms with Gasteiger partial charge in [0.05, 0.1) is 11.1 Å². The fourth-order valence-corrected chi connectivity index (χ4v) is 3.70. The molecule has 3 aromatic rings. The molecule has 4 N–H and O–H groups in total. The Bertz CT molecular complexity index is 1140. The lowest BCUT2D eigenvalue weighted by molar-refractivity contribution is 0.0974. The molecule has 0 saturated carbocycles. The van der Waals surface area contributed by atoms with Crippen LogP contribution in [0, 0.1) is 6.92 Å². The van der Waals surface area contributed by atoms with Crippen LogP contribution in [0.4, 0.5) is 0 Å². The lowest BCUT2D eigenvalue weighted by atomic mass is 9.80. The van der Waals surface area contributed by atoms with Crippen LogP contribution in [0.25, 0.3) is 0 Å². The van der Waals surface area contributed by atoms with Gasteiger partial charge in [0, 0.05) is 29.7 Å². The first kappa shape index (κ1) is 20.6. The van der Waals surface area contributed by atoms with Crippen LogP contribution >= 0.6 is 12.4 Å². The van der Waals surface area contributed by atoms with Crippen molar-refractivity contribution in [2.75, 3.05) is 0 Å². The van der Waals surface area contributed by atoms with Crippen LogP contribution in [0.5, 0.6) is 11.5 Å². The Morgan fingerprint density at radius 1 is 0.793 bits per heavy atom. The zero-order valence-corrected chi connectivity index (χ0v) is 16.5. The van der Waals surface area contributed by atoms with Gasteiger partial charge in [0.15, 0.2) is 11.6 Å². The Morgan fingerprint density at radius 2 is 1.28 bits per heavy atom. The van der Waals surface area contributed by atoms with Crippen molar-refractivity contribution in [1.82, 2.24) is 0 Å². The van der Waals surface area contributed by atoms with Gasteiger partial charge in [-0.15, -0.1) is 12.4 Å². The highest BCUT2D eigenvalue weighted by Gasteiger charge is 2.36. The normalized spacial score (nSPS) is 12.2. The SMILES string of the molecule is Cc1c(O)c2c(c(O)c1Cc1ccc(CN)cc1)C(=O)c1ccccc1C2=O.Cl. The zero-order valence-electron chi connectivity index (χ0n) is 15.7. The summed E-state index contributed by atoms with van der Waals surface area (Å²) >= 11 is 0. The second-order valence-corrected chi connectivity index (χ2v) is 6.95. The van der Waals surface area contributed by atoms with Gasteiger partial charge in [-0.05, 0) is 23.6 Å². The molecule has 6 heteroatoms.